The van der Waals surface area contributed by atoms with Crippen LogP contribution < -0.4 is 5.73 Å². The second-order valence-corrected chi connectivity index (χ2v) is 3.03. The highest BCUT2D eigenvalue weighted by Gasteiger charge is 2.10. The molecule has 1 rings (SSSR count). The van der Waals surface area contributed by atoms with Crippen LogP contribution in [0.5, 0.6) is 0 Å². The third-order valence-electron chi connectivity index (χ3n) is 2.00. The van der Waals surface area contributed by atoms with Crippen molar-refractivity contribution in [2.75, 3.05) is 0 Å². The SMILES string of the molecule is C=C[C@H](c1ccccc1)[C@@H](C)N. The monoisotopic (exact) mass is 161 g/mol. The Morgan fingerprint density at radius 1 is 1.33 bits per heavy atom. The predicted octanol–water partition coefficient (Wildman–Crippen LogP) is 2.30. The molecule has 2 atom stereocenters. The summed E-state index contributed by atoms with van der Waals surface area (Å²) in [5.41, 5.74) is 7.05. The minimum absolute atomic E-state index is 0.130. The van der Waals surface area contributed by atoms with Crippen LogP contribution in [0.4, 0.5) is 0 Å². The highest BCUT2D eigenvalue weighted by molar-refractivity contribution is 5.24. The predicted molar refractivity (Wildman–Crippen MR) is 53.0 cm³/mol. The van der Waals surface area contributed by atoms with Gasteiger partial charge in [-0.1, -0.05) is 36.4 Å². The van der Waals surface area contributed by atoms with Crippen LogP contribution in [0, 0.1) is 0 Å². The molecule has 1 nitrogen and oxygen atoms in total. The normalized spacial score (nSPS) is 15.2. The van der Waals surface area contributed by atoms with Crippen LogP contribution in [0.1, 0.15) is 18.4 Å². The van der Waals surface area contributed by atoms with Gasteiger partial charge in [0.2, 0.25) is 0 Å². The Morgan fingerprint density at radius 3 is 2.33 bits per heavy atom. The molecular weight excluding hydrogens is 146 g/mol. The lowest BCUT2D eigenvalue weighted by atomic mass is 9.93. The highest BCUT2D eigenvalue weighted by atomic mass is 14.6. The zero-order valence-electron chi connectivity index (χ0n) is 7.40. The fourth-order valence-corrected chi connectivity index (χ4v) is 1.33. The van der Waals surface area contributed by atoms with Crippen molar-refractivity contribution in [1.82, 2.24) is 0 Å². The Labute approximate surface area is 73.9 Å². The Bertz CT molecular complexity index is 238. The Balaban J connectivity index is 2.88. The van der Waals surface area contributed by atoms with Crippen molar-refractivity contribution in [3.05, 3.63) is 48.6 Å². The fraction of sp³-hybridized carbons (Fsp3) is 0.273. The van der Waals surface area contributed by atoms with Crippen LogP contribution in [-0.4, -0.2) is 6.04 Å². The van der Waals surface area contributed by atoms with Gasteiger partial charge in [-0.3, -0.25) is 0 Å². The largest absolute Gasteiger partial charge is 0.327 e. The summed E-state index contributed by atoms with van der Waals surface area (Å²) < 4.78 is 0. The van der Waals surface area contributed by atoms with E-state index in [0.717, 1.165) is 0 Å². The molecule has 0 fully saturated rings. The lowest BCUT2D eigenvalue weighted by Crippen LogP contribution is -2.23. The van der Waals surface area contributed by atoms with Gasteiger partial charge in [-0.15, -0.1) is 6.58 Å². The Morgan fingerprint density at radius 2 is 1.92 bits per heavy atom. The fourth-order valence-electron chi connectivity index (χ4n) is 1.33. The minimum Gasteiger partial charge on any atom is -0.327 e. The molecule has 2 N–H and O–H groups in total. The molecule has 0 heterocycles. The van der Waals surface area contributed by atoms with Crippen molar-refractivity contribution >= 4 is 0 Å². The van der Waals surface area contributed by atoms with Gasteiger partial charge in [0.25, 0.3) is 0 Å². The molecule has 1 aromatic rings. The van der Waals surface area contributed by atoms with Crippen molar-refractivity contribution in [3.8, 4) is 0 Å². The van der Waals surface area contributed by atoms with E-state index in [1.807, 2.05) is 31.2 Å². The van der Waals surface area contributed by atoms with Crippen LogP contribution in [0.15, 0.2) is 43.0 Å². The van der Waals surface area contributed by atoms with Gasteiger partial charge >= 0.3 is 0 Å². The van der Waals surface area contributed by atoms with Gasteiger partial charge in [-0.25, -0.2) is 0 Å². The van der Waals surface area contributed by atoms with Gasteiger partial charge in [0.15, 0.2) is 0 Å². The van der Waals surface area contributed by atoms with Gasteiger partial charge in [0, 0.05) is 12.0 Å². The summed E-state index contributed by atoms with van der Waals surface area (Å²) in [6.07, 6.45) is 1.90. The summed E-state index contributed by atoms with van der Waals surface area (Å²) in [6.45, 7) is 5.78. The first-order chi connectivity index (χ1) is 5.75. The second-order valence-electron chi connectivity index (χ2n) is 3.03. The van der Waals surface area contributed by atoms with E-state index in [4.69, 9.17) is 5.73 Å². The summed E-state index contributed by atoms with van der Waals surface area (Å²) in [5, 5.41) is 0. The molecule has 0 radical (unpaired) electrons. The van der Waals surface area contributed by atoms with Crippen molar-refractivity contribution in [1.29, 1.82) is 0 Å². The van der Waals surface area contributed by atoms with E-state index in [-0.39, 0.29) is 12.0 Å². The van der Waals surface area contributed by atoms with E-state index >= 15 is 0 Å². The smallest absolute Gasteiger partial charge is 0.0164 e. The number of hydrogen-bond donors (Lipinski definition) is 1. The first-order valence-electron chi connectivity index (χ1n) is 4.18. The van der Waals surface area contributed by atoms with E-state index in [0.29, 0.717) is 0 Å². The van der Waals surface area contributed by atoms with Crippen LogP contribution in [0.25, 0.3) is 0 Å². The average Bonchev–Trinajstić information content (AvgIpc) is 2.07. The third-order valence-corrected chi connectivity index (χ3v) is 2.00. The molecule has 0 aliphatic rings. The summed E-state index contributed by atoms with van der Waals surface area (Å²) in [5.74, 6) is 0.270. The zero-order chi connectivity index (χ0) is 8.97. The molecule has 12 heavy (non-hydrogen) atoms. The molecular formula is C11H15N. The zero-order valence-corrected chi connectivity index (χ0v) is 7.40. The first-order valence-corrected chi connectivity index (χ1v) is 4.18. The third kappa shape index (κ3) is 1.95. The first kappa shape index (κ1) is 9.01. The van der Waals surface area contributed by atoms with E-state index in [1.54, 1.807) is 0 Å². The molecule has 0 amide bonds. The molecule has 0 saturated heterocycles. The second kappa shape index (κ2) is 4.07. The molecule has 0 aliphatic heterocycles. The van der Waals surface area contributed by atoms with E-state index in [9.17, 15) is 0 Å². The van der Waals surface area contributed by atoms with Crippen LogP contribution in [-0.2, 0) is 0 Å². The number of benzene rings is 1. The average molecular weight is 161 g/mol. The quantitative estimate of drug-likeness (QED) is 0.676. The maximum absolute atomic E-state index is 5.81. The lowest BCUT2D eigenvalue weighted by molar-refractivity contribution is 0.663. The molecule has 0 spiro atoms. The van der Waals surface area contributed by atoms with Gasteiger partial charge in [0.1, 0.15) is 0 Å². The van der Waals surface area contributed by atoms with Crippen molar-refractivity contribution in [2.45, 2.75) is 18.9 Å². The summed E-state index contributed by atoms with van der Waals surface area (Å²) in [7, 11) is 0. The summed E-state index contributed by atoms with van der Waals surface area (Å²) in [6, 6.07) is 10.3. The topological polar surface area (TPSA) is 26.0 Å². The van der Waals surface area contributed by atoms with Gasteiger partial charge in [-0.05, 0) is 12.5 Å². The van der Waals surface area contributed by atoms with E-state index in [1.165, 1.54) is 5.56 Å². The maximum atomic E-state index is 5.81. The number of rotatable bonds is 3. The lowest BCUT2D eigenvalue weighted by Gasteiger charge is -2.16. The Kier molecular flexibility index (Phi) is 3.06. The number of nitrogens with two attached hydrogens (primary N) is 1. The van der Waals surface area contributed by atoms with Gasteiger partial charge < -0.3 is 5.73 Å². The van der Waals surface area contributed by atoms with Crippen molar-refractivity contribution in [3.63, 3.8) is 0 Å². The van der Waals surface area contributed by atoms with Gasteiger partial charge in [0.05, 0.1) is 0 Å². The summed E-state index contributed by atoms with van der Waals surface area (Å²) >= 11 is 0. The van der Waals surface area contributed by atoms with Crippen molar-refractivity contribution < 1.29 is 0 Å². The van der Waals surface area contributed by atoms with Crippen LogP contribution in [0.3, 0.4) is 0 Å². The number of hydrogen-bond acceptors (Lipinski definition) is 1. The van der Waals surface area contributed by atoms with E-state index < -0.39 is 0 Å². The highest BCUT2D eigenvalue weighted by Crippen LogP contribution is 2.18. The minimum atomic E-state index is 0.130. The maximum Gasteiger partial charge on any atom is 0.0164 e. The molecule has 0 bridgehead atoms. The van der Waals surface area contributed by atoms with Gasteiger partial charge in [-0.2, -0.15) is 0 Å². The molecule has 0 unspecified atom stereocenters. The molecule has 0 aliphatic carbocycles. The Hall–Kier alpha value is -1.08. The standard InChI is InChI=1S/C11H15N/c1-3-11(9(2)12)10-7-5-4-6-8-10/h3-9,11H,1,12H2,2H3/t9-,11+/m1/s1. The summed E-state index contributed by atoms with van der Waals surface area (Å²) in [4.78, 5) is 0. The van der Waals surface area contributed by atoms with Crippen LogP contribution in [0.2, 0.25) is 0 Å². The van der Waals surface area contributed by atoms with Crippen molar-refractivity contribution in [2.24, 2.45) is 5.73 Å². The molecule has 0 aromatic heterocycles. The van der Waals surface area contributed by atoms with Crippen LogP contribution >= 0.6 is 0 Å². The molecule has 1 heteroatoms. The molecule has 64 valence electrons. The molecule has 0 saturated carbocycles. The van der Waals surface area contributed by atoms with E-state index in [2.05, 4.69) is 18.7 Å². The molecule has 1 aromatic carbocycles.